The zero-order valence-electron chi connectivity index (χ0n) is 11.2. The van der Waals surface area contributed by atoms with E-state index in [9.17, 15) is 4.79 Å². The van der Waals surface area contributed by atoms with Crippen LogP contribution in [0.4, 0.5) is 0 Å². The van der Waals surface area contributed by atoms with Crippen LogP contribution in [0.15, 0.2) is 11.8 Å². The van der Waals surface area contributed by atoms with Crippen molar-refractivity contribution in [2.24, 2.45) is 0 Å². The molecule has 18 heavy (non-hydrogen) atoms. The van der Waals surface area contributed by atoms with Gasteiger partial charge in [-0.05, 0) is 6.42 Å². The largest absolute Gasteiger partial charge is 0.379 e. The van der Waals surface area contributed by atoms with Crippen LogP contribution in [0.25, 0.3) is 0 Å². The summed E-state index contributed by atoms with van der Waals surface area (Å²) in [4.78, 5) is 15.7. The van der Waals surface area contributed by atoms with E-state index in [1.807, 2.05) is 18.0 Å². The standard InChI is InChI=1S/C13H21N3O2/c1-3-4-5-15(2)11-12(10-14)13(17)16-6-8-18-9-7-16/h11H,3-9H2,1-2H3/b12-11-. The van der Waals surface area contributed by atoms with Gasteiger partial charge in [-0.25, -0.2) is 0 Å². The molecule has 1 aliphatic heterocycles. The van der Waals surface area contributed by atoms with Gasteiger partial charge in [0.25, 0.3) is 5.91 Å². The Bertz CT molecular complexity index is 341. The second-order valence-electron chi connectivity index (χ2n) is 4.39. The monoisotopic (exact) mass is 251 g/mol. The summed E-state index contributed by atoms with van der Waals surface area (Å²) in [5.74, 6) is -0.191. The first-order valence-electron chi connectivity index (χ1n) is 6.38. The molecule has 1 heterocycles. The summed E-state index contributed by atoms with van der Waals surface area (Å²) in [6.45, 7) is 5.21. The number of nitriles is 1. The Balaban J connectivity index is 2.61. The summed E-state index contributed by atoms with van der Waals surface area (Å²) in [6, 6.07) is 1.99. The number of rotatable bonds is 5. The summed E-state index contributed by atoms with van der Waals surface area (Å²) < 4.78 is 5.19. The van der Waals surface area contributed by atoms with Crippen LogP contribution in [0.1, 0.15) is 19.8 Å². The first-order chi connectivity index (χ1) is 8.69. The van der Waals surface area contributed by atoms with Crippen LogP contribution in [0.5, 0.6) is 0 Å². The number of amides is 1. The summed E-state index contributed by atoms with van der Waals surface area (Å²) in [5.41, 5.74) is 0.204. The molecule has 0 N–H and O–H groups in total. The highest BCUT2D eigenvalue weighted by Crippen LogP contribution is 2.06. The van der Waals surface area contributed by atoms with Gasteiger partial charge in [-0.1, -0.05) is 13.3 Å². The lowest BCUT2D eigenvalue weighted by Gasteiger charge is -2.26. The average molecular weight is 251 g/mol. The number of hydrogen-bond donors (Lipinski definition) is 0. The molecule has 0 saturated carbocycles. The maximum Gasteiger partial charge on any atom is 0.266 e. The molecule has 100 valence electrons. The maximum absolute atomic E-state index is 12.1. The Kier molecular flexibility index (Phi) is 6.23. The van der Waals surface area contributed by atoms with Gasteiger partial charge in [0.2, 0.25) is 0 Å². The van der Waals surface area contributed by atoms with Crippen molar-refractivity contribution in [3.05, 3.63) is 11.8 Å². The first-order valence-corrected chi connectivity index (χ1v) is 6.38. The summed E-state index contributed by atoms with van der Waals surface area (Å²) >= 11 is 0. The number of carbonyl (C=O) groups is 1. The summed E-state index contributed by atoms with van der Waals surface area (Å²) in [6.07, 6.45) is 3.79. The number of unbranched alkanes of at least 4 members (excludes halogenated alkanes) is 1. The van der Waals surface area contributed by atoms with Crippen molar-refractivity contribution in [2.75, 3.05) is 39.9 Å². The molecule has 1 amide bonds. The molecule has 0 spiro atoms. The Morgan fingerprint density at radius 1 is 1.50 bits per heavy atom. The molecule has 0 aromatic heterocycles. The van der Waals surface area contributed by atoms with Crippen molar-refractivity contribution < 1.29 is 9.53 Å². The zero-order valence-corrected chi connectivity index (χ0v) is 11.2. The molecule has 0 aliphatic carbocycles. The van der Waals surface area contributed by atoms with Crippen LogP contribution < -0.4 is 0 Å². The number of carbonyl (C=O) groups excluding carboxylic acids is 1. The van der Waals surface area contributed by atoms with E-state index in [2.05, 4.69) is 6.92 Å². The van der Waals surface area contributed by atoms with E-state index in [-0.39, 0.29) is 11.5 Å². The second-order valence-corrected chi connectivity index (χ2v) is 4.39. The minimum Gasteiger partial charge on any atom is -0.379 e. The lowest BCUT2D eigenvalue weighted by Crippen LogP contribution is -2.41. The lowest BCUT2D eigenvalue weighted by molar-refractivity contribution is -0.130. The van der Waals surface area contributed by atoms with Crippen LogP contribution in [0.3, 0.4) is 0 Å². The molecule has 0 radical (unpaired) electrons. The van der Waals surface area contributed by atoms with Crippen molar-refractivity contribution >= 4 is 5.91 Å². The SMILES string of the molecule is CCCCN(C)/C=C(/C#N)C(=O)N1CCOCC1. The van der Waals surface area contributed by atoms with E-state index in [1.54, 1.807) is 11.1 Å². The lowest BCUT2D eigenvalue weighted by atomic mass is 10.2. The molecule has 1 saturated heterocycles. The van der Waals surface area contributed by atoms with Gasteiger partial charge in [0.1, 0.15) is 11.6 Å². The number of morpholine rings is 1. The highest BCUT2D eigenvalue weighted by atomic mass is 16.5. The van der Waals surface area contributed by atoms with Gasteiger partial charge in [0.15, 0.2) is 0 Å². The van der Waals surface area contributed by atoms with Crippen molar-refractivity contribution in [1.82, 2.24) is 9.80 Å². The number of nitrogens with zero attached hydrogens (tertiary/aromatic N) is 3. The normalized spacial score (nSPS) is 16.3. The van der Waals surface area contributed by atoms with Crippen molar-refractivity contribution in [1.29, 1.82) is 5.26 Å². The third kappa shape index (κ3) is 4.38. The van der Waals surface area contributed by atoms with Gasteiger partial charge in [-0.2, -0.15) is 5.26 Å². The molecular weight excluding hydrogens is 230 g/mol. The fourth-order valence-electron chi connectivity index (χ4n) is 1.76. The number of hydrogen-bond acceptors (Lipinski definition) is 4. The van der Waals surface area contributed by atoms with Crippen LogP contribution >= 0.6 is 0 Å². The van der Waals surface area contributed by atoms with E-state index < -0.39 is 0 Å². The predicted molar refractivity (Wildman–Crippen MR) is 68.6 cm³/mol. The Labute approximate surface area is 109 Å². The average Bonchev–Trinajstić information content (AvgIpc) is 2.42. The van der Waals surface area contributed by atoms with Gasteiger partial charge in [0.05, 0.1) is 13.2 Å². The zero-order chi connectivity index (χ0) is 13.4. The highest BCUT2D eigenvalue weighted by Gasteiger charge is 2.20. The predicted octanol–water partition coefficient (Wildman–Crippen LogP) is 0.985. The van der Waals surface area contributed by atoms with Crippen molar-refractivity contribution in [3.8, 4) is 6.07 Å². The third-order valence-corrected chi connectivity index (χ3v) is 2.86. The molecule has 5 heteroatoms. The molecule has 0 aromatic rings. The molecule has 1 fully saturated rings. The van der Waals surface area contributed by atoms with Crippen molar-refractivity contribution in [2.45, 2.75) is 19.8 Å². The van der Waals surface area contributed by atoms with Gasteiger partial charge >= 0.3 is 0 Å². The van der Waals surface area contributed by atoms with Crippen LogP contribution in [-0.4, -0.2) is 55.6 Å². The summed E-state index contributed by atoms with van der Waals surface area (Å²) in [7, 11) is 1.89. The van der Waals surface area contributed by atoms with Crippen LogP contribution in [-0.2, 0) is 9.53 Å². The van der Waals surface area contributed by atoms with Gasteiger partial charge < -0.3 is 14.5 Å². The van der Waals surface area contributed by atoms with E-state index in [0.717, 1.165) is 19.4 Å². The van der Waals surface area contributed by atoms with Crippen molar-refractivity contribution in [3.63, 3.8) is 0 Å². The van der Waals surface area contributed by atoms with Gasteiger partial charge in [0, 0.05) is 32.9 Å². The molecule has 5 nitrogen and oxygen atoms in total. The first kappa shape index (κ1) is 14.5. The minimum absolute atomic E-state index is 0.191. The molecule has 0 aromatic carbocycles. The Morgan fingerprint density at radius 3 is 2.72 bits per heavy atom. The van der Waals surface area contributed by atoms with E-state index in [0.29, 0.717) is 26.3 Å². The second kappa shape index (κ2) is 7.72. The van der Waals surface area contributed by atoms with Gasteiger partial charge in [-0.3, -0.25) is 4.79 Å². The summed E-state index contributed by atoms with van der Waals surface area (Å²) in [5, 5.41) is 9.08. The van der Waals surface area contributed by atoms with E-state index in [1.165, 1.54) is 0 Å². The fraction of sp³-hybridized carbons (Fsp3) is 0.692. The quantitative estimate of drug-likeness (QED) is 0.540. The van der Waals surface area contributed by atoms with E-state index in [4.69, 9.17) is 10.00 Å². The molecule has 0 bridgehead atoms. The minimum atomic E-state index is -0.191. The number of ether oxygens (including phenoxy) is 1. The molecule has 0 unspecified atom stereocenters. The Hall–Kier alpha value is -1.54. The topological polar surface area (TPSA) is 56.6 Å². The van der Waals surface area contributed by atoms with Crippen LogP contribution in [0, 0.1) is 11.3 Å². The molecule has 1 rings (SSSR count). The maximum atomic E-state index is 12.1. The third-order valence-electron chi connectivity index (χ3n) is 2.86. The van der Waals surface area contributed by atoms with E-state index >= 15 is 0 Å². The molecule has 0 atom stereocenters. The fourth-order valence-corrected chi connectivity index (χ4v) is 1.76. The molecular formula is C13H21N3O2. The molecule has 1 aliphatic rings. The smallest absolute Gasteiger partial charge is 0.266 e. The van der Waals surface area contributed by atoms with Crippen LogP contribution in [0.2, 0.25) is 0 Å². The Morgan fingerprint density at radius 2 is 2.17 bits per heavy atom. The van der Waals surface area contributed by atoms with Gasteiger partial charge in [-0.15, -0.1) is 0 Å². The highest BCUT2D eigenvalue weighted by molar-refractivity contribution is 5.97.